The quantitative estimate of drug-likeness (QED) is 0.506. The van der Waals surface area contributed by atoms with E-state index in [1.54, 1.807) is 0 Å². The first-order valence-corrected chi connectivity index (χ1v) is 10.5. The van der Waals surface area contributed by atoms with Crippen LogP contribution in [0.2, 0.25) is 0 Å². The Morgan fingerprint density at radius 3 is 1.62 bits per heavy atom. The predicted molar refractivity (Wildman–Crippen MR) is 112 cm³/mol. The first kappa shape index (κ1) is 19.9. The topological polar surface area (TPSA) is 52.6 Å². The highest BCUT2D eigenvalue weighted by atomic mass is 16.6. The molecule has 2 bridgehead atoms. The van der Waals surface area contributed by atoms with Crippen molar-refractivity contribution in [3.8, 4) is 0 Å². The van der Waals surface area contributed by atoms with E-state index in [9.17, 15) is 9.59 Å². The van der Waals surface area contributed by atoms with Crippen molar-refractivity contribution in [1.82, 2.24) is 0 Å². The molecule has 4 aliphatic carbocycles. The third-order valence-corrected chi connectivity index (χ3v) is 6.59. The van der Waals surface area contributed by atoms with E-state index in [0.29, 0.717) is 12.8 Å². The van der Waals surface area contributed by atoms with Crippen molar-refractivity contribution in [3.63, 3.8) is 0 Å². The van der Waals surface area contributed by atoms with Gasteiger partial charge in [-0.2, -0.15) is 0 Å². The fraction of sp³-hybridized carbons (Fsp3) is 0.520. The van der Waals surface area contributed by atoms with E-state index in [4.69, 9.17) is 9.47 Å². The summed E-state index contributed by atoms with van der Waals surface area (Å²) in [5.74, 6) is -1.41. The minimum Gasteiger partial charge on any atom is -0.455 e. The monoisotopic (exact) mass is 394 g/mol. The van der Waals surface area contributed by atoms with Crippen LogP contribution in [-0.2, 0) is 19.1 Å². The minimum atomic E-state index is -0.657. The van der Waals surface area contributed by atoms with Gasteiger partial charge in [-0.05, 0) is 58.1 Å². The maximum absolute atomic E-state index is 13.2. The van der Waals surface area contributed by atoms with Gasteiger partial charge in [0, 0.05) is 12.8 Å². The maximum atomic E-state index is 13.2. The molecule has 0 amide bonds. The van der Waals surface area contributed by atoms with E-state index in [2.05, 4.69) is 12.2 Å². The highest BCUT2D eigenvalue weighted by Crippen LogP contribution is 2.50. The number of carbonyl (C=O) groups excluding carboxylic acids is 2. The molecule has 0 aliphatic heterocycles. The second kappa shape index (κ2) is 7.16. The van der Waals surface area contributed by atoms with Gasteiger partial charge in [-0.25, -0.2) is 0 Å². The normalized spacial score (nSPS) is 39.9. The van der Waals surface area contributed by atoms with Crippen molar-refractivity contribution in [2.45, 2.75) is 58.2 Å². The van der Waals surface area contributed by atoms with Gasteiger partial charge in [0.1, 0.15) is 11.2 Å². The first-order chi connectivity index (χ1) is 13.7. The van der Waals surface area contributed by atoms with Crippen LogP contribution in [0.1, 0.15) is 47.0 Å². The maximum Gasteiger partial charge on any atom is 0.311 e. The van der Waals surface area contributed by atoms with Crippen molar-refractivity contribution in [3.05, 3.63) is 59.8 Å². The summed E-state index contributed by atoms with van der Waals surface area (Å²) in [7, 11) is 0. The lowest BCUT2D eigenvalue weighted by Gasteiger charge is -2.35. The summed E-state index contributed by atoms with van der Waals surface area (Å²) in [6.07, 6.45) is 18.1. The molecule has 4 rings (SSSR count). The van der Waals surface area contributed by atoms with Crippen molar-refractivity contribution in [1.29, 1.82) is 0 Å². The molecule has 4 aliphatic rings. The van der Waals surface area contributed by atoms with E-state index < -0.39 is 23.0 Å². The Morgan fingerprint density at radius 2 is 1.24 bits per heavy atom. The van der Waals surface area contributed by atoms with Gasteiger partial charge in [-0.3, -0.25) is 9.59 Å². The average Bonchev–Trinajstić information content (AvgIpc) is 3.21. The molecule has 4 nitrogen and oxygen atoms in total. The standard InChI is InChI=1S/C25H30O4/c1-16-7-5-11-24(3,14-16)28-22(26)20-18-9-10-19(13-18)21(20)23(27)29-25(4)12-6-8-17(2)15-25/h5-12,18-21H,13-15H2,1-4H3. The van der Waals surface area contributed by atoms with Crippen LogP contribution in [0, 0.1) is 23.7 Å². The number of esters is 2. The predicted octanol–water partition coefficient (Wildman–Crippen LogP) is 4.84. The number of hydrogen-bond donors (Lipinski definition) is 0. The number of hydrogen-bond acceptors (Lipinski definition) is 4. The third kappa shape index (κ3) is 3.90. The third-order valence-electron chi connectivity index (χ3n) is 6.59. The van der Waals surface area contributed by atoms with Gasteiger partial charge in [-0.1, -0.05) is 47.6 Å². The number of allylic oxidation sites excluding steroid dienone is 6. The Morgan fingerprint density at radius 1 is 0.828 bits per heavy atom. The van der Waals surface area contributed by atoms with E-state index >= 15 is 0 Å². The molecule has 29 heavy (non-hydrogen) atoms. The molecule has 0 aromatic carbocycles. The lowest BCUT2D eigenvalue weighted by molar-refractivity contribution is -0.172. The van der Waals surface area contributed by atoms with Crippen LogP contribution < -0.4 is 0 Å². The van der Waals surface area contributed by atoms with Gasteiger partial charge >= 0.3 is 11.9 Å². The summed E-state index contributed by atoms with van der Waals surface area (Å²) in [5, 5.41) is 0. The molecule has 0 aromatic rings. The van der Waals surface area contributed by atoms with Gasteiger partial charge in [0.15, 0.2) is 0 Å². The summed E-state index contributed by atoms with van der Waals surface area (Å²) in [6, 6.07) is 0. The lowest BCUT2D eigenvalue weighted by atomic mass is 9.82. The van der Waals surface area contributed by atoms with Gasteiger partial charge < -0.3 is 9.47 Å². The molecule has 1 saturated carbocycles. The Labute approximate surface area is 173 Å². The number of rotatable bonds is 4. The Balaban J connectivity index is 1.50. The molecular formula is C25H30O4. The van der Waals surface area contributed by atoms with Crippen LogP contribution >= 0.6 is 0 Å². The second-order valence-electron chi connectivity index (χ2n) is 9.57. The van der Waals surface area contributed by atoms with Gasteiger partial charge in [0.2, 0.25) is 0 Å². The fourth-order valence-corrected chi connectivity index (χ4v) is 5.38. The highest BCUT2D eigenvalue weighted by molar-refractivity contribution is 5.85. The molecule has 0 radical (unpaired) electrons. The molecule has 154 valence electrons. The Kier molecular flexibility index (Phi) is 4.92. The van der Waals surface area contributed by atoms with Gasteiger partial charge in [-0.15, -0.1) is 0 Å². The molecule has 6 atom stereocenters. The average molecular weight is 395 g/mol. The summed E-state index contributed by atoms with van der Waals surface area (Å²) in [6.45, 7) is 7.92. The number of carbonyl (C=O) groups is 2. The minimum absolute atomic E-state index is 0.0502. The van der Waals surface area contributed by atoms with Crippen molar-refractivity contribution in [2.75, 3.05) is 0 Å². The van der Waals surface area contributed by atoms with Crippen LogP contribution in [-0.4, -0.2) is 23.1 Å². The molecule has 1 fully saturated rings. The summed E-state index contributed by atoms with van der Waals surface area (Å²) in [4.78, 5) is 26.4. The zero-order valence-corrected chi connectivity index (χ0v) is 17.7. The molecule has 0 saturated heterocycles. The summed E-state index contributed by atoms with van der Waals surface area (Å²) < 4.78 is 11.9. The molecular weight excluding hydrogens is 364 g/mol. The first-order valence-electron chi connectivity index (χ1n) is 10.5. The number of fused-ring (bicyclic) bond motifs is 2. The van der Waals surface area contributed by atoms with E-state index in [0.717, 1.165) is 6.42 Å². The summed E-state index contributed by atoms with van der Waals surface area (Å²) >= 11 is 0. The molecule has 0 heterocycles. The zero-order valence-electron chi connectivity index (χ0n) is 17.7. The molecule has 4 heteroatoms. The molecule has 0 spiro atoms. The largest absolute Gasteiger partial charge is 0.455 e. The molecule has 6 unspecified atom stereocenters. The lowest BCUT2D eigenvalue weighted by Crippen LogP contribution is -2.42. The van der Waals surface area contributed by atoms with Crippen molar-refractivity contribution in [2.24, 2.45) is 23.7 Å². The molecule has 0 aromatic heterocycles. The van der Waals surface area contributed by atoms with Crippen LogP contribution in [0.5, 0.6) is 0 Å². The Bertz CT molecular complexity index is 803. The smallest absolute Gasteiger partial charge is 0.311 e. The van der Waals surface area contributed by atoms with Gasteiger partial charge in [0.25, 0.3) is 0 Å². The SMILES string of the molecule is CC1=CC=CC(C)(OC(=O)C2C3C=CC(C3)C2C(=O)OC2(C)C=CC=C(C)C2)C1. The molecule has 0 N–H and O–H groups in total. The fourth-order valence-electron chi connectivity index (χ4n) is 5.38. The summed E-state index contributed by atoms with van der Waals surface area (Å²) in [5.41, 5.74) is 1.03. The van der Waals surface area contributed by atoms with Crippen LogP contribution in [0.15, 0.2) is 59.8 Å². The number of ether oxygens (including phenoxy) is 2. The second-order valence-corrected chi connectivity index (χ2v) is 9.57. The van der Waals surface area contributed by atoms with E-state index in [-0.39, 0.29) is 23.8 Å². The van der Waals surface area contributed by atoms with Crippen LogP contribution in [0.3, 0.4) is 0 Å². The highest BCUT2D eigenvalue weighted by Gasteiger charge is 2.54. The van der Waals surface area contributed by atoms with E-state index in [1.165, 1.54) is 11.1 Å². The van der Waals surface area contributed by atoms with Crippen LogP contribution in [0.4, 0.5) is 0 Å². The van der Waals surface area contributed by atoms with Gasteiger partial charge in [0.05, 0.1) is 11.8 Å². The van der Waals surface area contributed by atoms with Crippen molar-refractivity contribution >= 4 is 11.9 Å². The van der Waals surface area contributed by atoms with E-state index in [1.807, 2.05) is 64.2 Å². The van der Waals surface area contributed by atoms with Crippen LogP contribution in [0.25, 0.3) is 0 Å². The zero-order chi connectivity index (χ0) is 20.8. The van der Waals surface area contributed by atoms with Crippen molar-refractivity contribution < 1.29 is 19.1 Å². The Hall–Kier alpha value is -2.36.